The van der Waals surface area contributed by atoms with E-state index in [0.717, 1.165) is 18.4 Å². The average molecular weight is 299 g/mol. The molecule has 2 N–H and O–H groups in total. The van der Waals surface area contributed by atoms with Gasteiger partial charge in [0.25, 0.3) is 0 Å². The van der Waals surface area contributed by atoms with Gasteiger partial charge in [0, 0.05) is 6.04 Å². The van der Waals surface area contributed by atoms with Gasteiger partial charge in [-0.3, -0.25) is 4.79 Å². The number of sulfonamides is 1. The van der Waals surface area contributed by atoms with E-state index in [4.69, 9.17) is 5.11 Å². The van der Waals surface area contributed by atoms with Gasteiger partial charge in [-0.1, -0.05) is 32.4 Å². The molecule has 1 rings (SSSR count). The number of hydrogen-bond donors (Lipinski definition) is 2. The Kier molecular flexibility index (Phi) is 5.71. The maximum absolute atomic E-state index is 12.1. The molecule has 0 aliphatic heterocycles. The molecule has 0 radical (unpaired) electrons. The Hall–Kier alpha value is -1.40. The molecule has 0 aromatic heterocycles. The zero-order valence-corrected chi connectivity index (χ0v) is 12.8. The largest absolute Gasteiger partial charge is 0.481 e. The minimum Gasteiger partial charge on any atom is -0.481 e. The summed E-state index contributed by atoms with van der Waals surface area (Å²) in [5, 5.41) is 8.88. The number of carboxylic acid groups (broad SMARTS) is 1. The minimum atomic E-state index is -3.68. The highest BCUT2D eigenvalue weighted by molar-refractivity contribution is 7.89. The number of carboxylic acids is 1. The third kappa shape index (κ3) is 4.31. The summed E-state index contributed by atoms with van der Waals surface area (Å²) in [6, 6.07) is 5.98. The lowest BCUT2D eigenvalue weighted by molar-refractivity contribution is -0.141. The zero-order valence-electron chi connectivity index (χ0n) is 12.0. The van der Waals surface area contributed by atoms with Crippen molar-refractivity contribution in [2.45, 2.75) is 44.6 Å². The molecule has 0 aliphatic carbocycles. The Labute approximate surface area is 120 Å². The maximum Gasteiger partial charge on any atom is 0.307 e. The highest BCUT2D eigenvalue weighted by Crippen LogP contribution is 2.14. The van der Waals surface area contributed by atoms with Crippen molar-refractivity contribution in [3.63, 3.8) is 0 Å². The van der Waals surface area contributed by atoms with Gasteiger partial charge < -0.3 is 5.11 Å². The van der Waals surface area contributed by atoms with E-state index in [2.05, 4.69) is 11.6 Å². The quantitative estimate of drug-likeness (QED) is 0.807. The van der Waals surface area contributed by atoms with Crippen molar-refractivity contribution in [2.75, 3.05) is 0 Å². The molecule has 0 spiro atoms. The second kappa shape index (κ2) is 6.85. The van der Waals surface area contributed by atoms with Gasteiger partial charge in [-0.2, -0.15) is 0 Å². The molecule has 0 heterocycles. The molecule has 2 unspecified atom stereocenters. The van der Waals surface area contributed by atoms with Gasteiger partial charge in [0.05, 0.1) is 10.8 Å². The summed E-state index contributed by atoms with van der Waals surface area (Å²) in [6.07, 6.45) is 1.90. The van der Waals surface area contributed by atoms with E-state index in [-0.39, 0.29) is 4.90 Å². The first-order chi connectivity index (χ1) is 9.27. The second-order valence-electron chi connectivity index (χ2n) is 4.93. The number of nitrogens with one attached hydrogen (secondary N) is 1. The van der Waals surface area contributed by atoms with E-state index in [1.165, 1.54) is 6.92 Å². The first kappa shape index (κ1) is 16.7. The Bertz CT molecular complexity index is 551. The molecule has 2 atom stereocenters. The number of carbonyl (C=O) groups is 1. The molecular weight excluding hydrogens is 278 g/mol. The smallest absolute Gasteiger partial charge is 0.307 e. The van der Waals surface area contributed by atoms with Gasteiger partial charge in [-0.25, -0.2) is 13.1 Å². The highest BCUT2D eigenvalue weighted by atomic mass is 32.2. The summed E-state index contributed by atoms with van der Waals surface area (Å²) in [5.41, 5.74) is 1.08. The lowest BCUT2D eigenvalue weighted by atomic mass is 10.1. The average Bonchev–Trinajstić information content (AvgIpc) is 2.38. The van der Waals surface area contributed by atoms with Crippen molar-refractivity contribution < 1.29 is 18.3 Å². The molecule has 112 valence electrons. The lowest BCUT2D eigenvalue weighted by Gasteiger charge is -2.17. The van der Waals surface area contributed by atoms with Crippen LogP contribution in [-0.2, 0) is 21.2 Å². The molecule has 1 aromatic rings. The summed E-state index contributed by atoms with van der Waals surface area (Å²) in [6.45, 7) is 5.07. The number of aliphatic carboxylic acids is 1. The third-order valence-corrected chi connectivity index (χ3v) is 4.83. The summed E-state index contributed by atoms with van der Waals surface area (Å²) in [4.78, 5) is 11.0. The third-order valence-electron chi connectivity index (χ3n) is 3.25. The molecule has 0 fully saturated rings. The first-order valence-electron chi connectivity index (χ1n) is 6.62. The molecule has 20 heavy (non-hydrogen) atoms. The summed E-state index contributed by atoms with van der Waals surface area (Å²) in [7, 11) is -3.68. The minimum absolute atomic E-state index is 0.154. The number of benzene rings is 1. The normalized spacial score (nSPS) is 14.8. The Balaban J connectivity index is 2.85. The van der Waals surface area contributed by atoms with Crippen molar-refractivity contribution in [3.8, 4) is 0 Å². The summed E-state index contributed by atoms with van der Waals surface area (Å²) >= 11 is 0. The monoisotopic (exact) mass is 299 g/mol. The second-order valence-corrected chi connectivity index (χ2v) is 6.64. The van der Waals surface area contributed by atoms with Crippen LogP contribution in [0.1, 0.15) is 32.8 Å². The van der Waals surface area contributed by atoms with Crippen LogP contribution in [0.25, 0.3) is 0 Å². The fraction of sp³-hybridized carbons (Fsp3) is 0.500. The molecule has 0 saturated carbocycles. The Morgan fingerprint density at radius 3 is 2.25 bits per heavy atom. The predicted molar refractivity (Wildman–Crippen MR) is 77.0 cm³/mol. The summed E-state index contributed by atoms with van der Waals surface area (Å²) < 4.78 is 26.7. The highest BCUT2D eigenvalue weighted by Gasteiger charge is 2.25. The summed E-state index contributed by atoms with van der Waals surface area (Å²) in [5.74, 6) is -1.82. The van der Waals surface area contributed by atoms with Crippen LogP contribution in [0.3, 0.4) is 0 Å². The van der Waals surface area contributed by atoms with Crippen molar-refractivity contribution in [3.05, 3.63) is 29.8 Å². The Morgan fingerprint density at radius 1 is 1.25 bits per heavy atom. The molecule has 0 saturated heterocycles. The molecule has 0 bridgehead atoms. The molecular formula is C14H21NO4S. The standard InChI is InChI=1S/C14H21NO4S/c1-4-5-12-6-8-13(9-7-12)20(18,19)15-11(3)10(2)14(16)17/h6-11,15H,4-5H2,1-3H3,(H,16,17). The molecule has 6 heteroatoms. The van der Waals surface area contributed by atoms with Gasteiger partial charge >= 0.3 is 5.97 Å². The van der Waals surface area contributed by atoms with Crippen LogP contribution in [0.15, 0.2) is 29.2 Å². The molecule has 1 aromatic carbocycles. The molecule has 0 aliphatic rings. The fourth-order valence-corrected chi connectivity index (χ4v) is 3.08. The predicted octanol–water partition coefficient (Wildman–Crippen LogP) is 2.03. The van der Waals surface area contributed by atoms with Gasteiger partial charge in [0.1, 0.15) is 0 Å². The number of hydrogen-bond acceptors (Lipinski definition) is 3. The van der Waals surface area contributed by atoms with Crippen molar-refractivity contribution >= 4 is 16.0 Å². The van der Waals surface area contributed by atoms with Crippen LogP contribution >= 0.6 is 0 Å². The van der Waals surface area contributed by atoms with Crippen LogP contribution in [0.4, 0.5) is 0 Å². The van der Waals surface area contributed by atoms with E-state index < -0.39 is 28.0 Å². The number of rotatable bonds is 7. The SMILES string of the molecule is CCCc1ccc(S(=O)(=O)NC(C)C(C)C(=O)O)cc1. The van der Waals surface area contributed by atoms with E-state index >= 15 is 0 Å². The van der Waals surface area contributed by atoms with Gasteiger partial charge in [-0.15, -0.1) is 0 Å². The van der Waals surface area contributed by atoms with Crippen LogP contribution in [0.5, 0.6) is 0 Å². The topological polar surface area (TPSA) is 83.5 Å². The van der Waals surface area contributed by atoms with E-state index in [0.29, 0.717) is 0 Å². The maximum atomic E-state index is 12.1. The van der Waals surface area contributed by atoms with E-state index in [1.54, 1.807) is 31.2 Å². The van der Waals surface area contributed by atoms with Crippen molar-refractivity contribution in [1.82, 2.24) is 4.72 Å². The van der Waals surface area contributed by atoms with Gasteiger partial charge in [0.2, 0.25) is 10.0 Å². The van der Waals surface area contributed by atoms with Gasteiger partial charge in [-0.05, 0) is 31.0 Å². The van der Waals surface area contributed by atoms with Crippen molar-refractivity contribution in [1.29, 1.82) is 0 Å². The molecule has 5 nitrogen and oxygen atoms in total. The van der Waals surface area contributed by atoms with Crippen molar-refractivity contribution in [2.24, 2.45) is 5.92 Å². The number of aryl methyl sites for hydroxylation is 1. The van der Waals surface area contributed by atoms with Gasteiger partial charge in [0.15, 0.2) is 0 Å². The molecule has 0 amide bonds. The van der Waals surface area contributed by atoms with E-state index in [1.807, 2.05) is 0 Å². The lowest BCUT2D eigenvalue weighted by Crippen LogP contribution is -2.39. The fourth-order valence-electron chi connectivity index (χ4n) is 1.75. The van der Waals surface area contributed by atoms with Crippen LogP contribution in [0, 0.1) is 5.92 Å². The van der Waals surface area contributed by atoms with Crippen LogP contribution < -0.4 is 4.72 Å². The zero-order chi connectivity index (χ0) is 15.3. The first-order valence-corrected chi connectivity index (χ1v) is 8.10. The van der Waals surface area contributed by atoms with Crippen LogP contribution in [-0.4, -0.2) is 25.5 Å². The van der Waals surface area contributed by atoms with Crippen LogP contribution in [0.2, 0.25) is 0 Å². The van der Waals surface area contributed by atoms with E-state index in [9.17, 15) is 13.2 Å². The Morgan fingerprint density at radius 2 is 1.80 bits per heavy atom.